The standard InChI is InChI=1S/C22H36N2/c1-17(2)15-23-9-11-24(12-10-23)16-19-13-22(14-19)21-7-5-20(6-8-21)18(3)4/h5-8,17-19,22H,9-16H2,1-4H3. The predicted octanol–water partition coefficient (Wildman–Crippen LogP) is 4.58. The van der Waals surface area contributed by atoms with Crippen molar-refractivity contribution in [3.63, 3.8) is 0 Å². The molecule has 0 N–H and O–H groups in total. The van der Waals surface area contributed by atoms with Gasteiger partial charge < -0.3 is 9.80 Å². The molecule has 2 aliphatic rings. The van der Waals surface area contributed by atoms with Gasteiger partial charge in [0.1, 0.15) is 0 Å². The Morgan fingerprint density at radius 2 is 1.46 bits per heavy atom. The van der Waals surface area contributed by atoms with Crippen LogP contribution in [0.15, 0.2) is 24.3 Å². The summed E-state index contributed by atoms with van der Waals surface area (Å²) in [5.74, 6) is 3.18. The van der Waals surface area contributed by atoms with Crippen LogP contribution in [-0.2, 0) is 0 Å². The Bertz CT molecular complexity index is 491. The molecule has 1 aromatic rings. The fraction of sp³-hybridized carbons (Fsp3) is 0.727. The molecule has 2 heteroatoms. The molecule has 1 aliphatic heterocycles. The second kappa shape index (κ2) is 8.01. The minimum atomic E-state index is 0.641. The van der Waals surface area contributed by atoms with Gasteiger partial charge in [-0.05, 0) is 47.6 Å². The van der Waals surface area contributed by atoms with Crippen LogP contribution in [0.25, 0.3) is 0 Å². The van der Waals surface area contributed by atoms with E-state index in [2.05, 4.69) is 61.8 Å². The summed E-state index contributed by atoms with van der Waals surface area (Å²) in [7, 11) is 0. The molecule has 1 heterocycles. The first kappa shape index (κ1) is 17.9. The van der Waals surface area contributed by atoms with Gasteiger partial charge in [-0.25, -0.2) is 0 Å². The lowest BCUT2D eigenvalue weighted by Gasteiger charge is -2.42. The normalized spacial score (nSPS) is 26.1. The highest BCUT2D eigenvalue weighted by molar-refractivity contribution is 5.28. The van der Waals surface area contributed by atoms with Gasteiger partial charge >= 0.3 is 0 Å². The van der Waals surface area contributed by atoms with E-state index >= 15 is 0 Å². The van der Waals surface area contributed by atoms with Gasteiger partial charge in [-0.15, -0.1) is 0 Å². The highest BCUT2D eigenvalue weighted by Gasteiger charge is 2.32. The Labute approximate surface area is 149 Å². The maximum atomic E-state index is 2.71. The average molecular weight is 329 g/mol. The number of hydrogen-bond acceptors (Lipinski definition) is 2. The van der Waals surface area contributed by atoms with Gasteiger partial charge in [-0.2, -0.15) is 0 Å². The van der Waals surface area contributed by atoms with Crippen LogP contribution in [0, 0.1) is 11.8 Å². The molecular weight excluding hydrogens is 292 g/mol. The number of benzene rings is 1. The quantitative estimate of drug-likeness (QED) is 0.754. The summed E-state index contributed by atoms with van der Waals surface area (Å²) in [6.07, 6.45) is 2.79. The Balaban J connectivity index is 1.38. The Kier molecular flexibility index (Phi) is 5.99. The van der Waals surface area contributed by atoms with Gasteiger partial charge in [0.05, 0.1) is 0 Å². The van der Waals surface area contributed by atoms with Crippen molar-refractivity contribution in [1.29, 1.82) is 0 Å². The third-order valence-corrected chi connectivity index (χ3v) is 5.91. The SMILES string of the molecule is CC(C)CN1CCN(CC2CC(c3ccc(C(C)C)cc3)C2)CC1. The Hall–Kier alpha value is -0.860. The van der Waals surface area contributed by atoms with Gasteiger partial charge in [0.15, 0.2) is 0 Å². The van der Waals surface area contributed by atoms with E-state index in [4.69, 9.17) is 0 Å². The van der Waals surface area contributed by atoms with Gasteiger partial charge in [-0.1, -0.05) is 52.0 Å². The van der Waals surface area contributed by atoms with Crippen LogP contribution >= 0.6 is 0 Å². The van der Waals surface area contributed by atoms with Crippen LogP contribution < -0.4 is 0 Å². The summed E-state index contributed by atoms with van der Waals surface area (Å²) in [4.78, 5) is 5.35. The predicted molar refractivity (Wildman–Crippen MR) is 104 cm³/mol. The molecular formula is C22H36N2. The first-order chi connectivity index (χ1) is 11.5. The molecule has 0 bridgehead atoms. The third kappa shape index (κ3) is 4.61. The molecule has 3 rings (SSSR count). The van der Waals surface area contributed by atoms with Crippen molar-refractivity contribution in [3.8, 4) is 0 Å². The first-order valence-electron chi connectivity index (χ1n) is 10.1. The molecule has 1 aliphatic carbocycles. The Morgan fingerprint density at radius 3 is 2.00 bits per heavy atom. The third-order valence-electron chi connectivity index (χ3n) is 5.91. The van der Waals surface area contributed by atoms with Crippen LogP contribution in [0.1, 0.15) is 63.5 Å². The van der Waals surface area contributed by atoms with E-state index in [1.54, 1.807) is 5.56 Å². The highest BCUT2D eigenvalue weighted by Crippen LogP contribution is 2.42. The van der Waals surface area contributed by atoms with Crippen molar-refractivity contribution in [3.05, 3.63) is 35.4 Å². The van der Waals surface area contributed by atoms with E-state index in [0.29, 0.717) is 5.92 Å². The molecule has 1 saturated heterocycles. The lowest BCUT2D eigenvalue weighted by Crippen LogP contribution is -2.49. The van der Waals surface area contributed by atoms with E-state index in [-0.39, 0.29) is 0 Å². The van der Waals surface area contributed by atoms with E-state index in [1.165, 1.54) is 57.7 Å². The van der Waals surface area contributed by atoms with Crippen molar-refractivity contribution in [1.82, 2.24) is 9.80 Å². The molecule has 0 spiro atoms. The van der Waals surface area contributed by atoms with Crippen LogP contribution in [0.2, 0.25) is 0 Å². The molecule has 1 saturated carbocycles. The zero-order valence-electron chi connectivity index (χ0n) is 16.2. The zero-order valence-corrected chi connectivity index (χ0v) is 16.2. The number of piperazine rings is 1. The van der Waals surface area contributed by atoms with Crippen LogP contribution in [0.5, 0.6) is 0 Å². The van der Waals surface area contributed by atoms with Crippen molar-refractivity contribution in [2.75, 3.05) is 39.3 Å². The molecule has 0 unspecified atom stereocenters. The average Bonchev–Trinajstić information content (AvgIpc) is 2.51. The van der Waals surface area contributed by atoms with Gasteiger partial charge in [0, 0.05) is 39.3 Å². The summed E-state index contributed by atoms with van der Waals surface area (Å²) in [5.41, 5.74) is 3.03. The second-order valence-corrected chi connectivity index (χ2v) is 8.85. The fourth-order valence-corrected chi connectivity index (χ4v) is 4.35. The molecule has 24 heavy (non-hydrogen) atoms. The van der Waals surface area contributed by atoms with E-state index in [9.17, 15) is 0 Å². The molecule has 0 aromatic heterocycles. The van der Waals surface area contributed by atoms with Crippen molar-refractivity contribution >= 4 is 0 Å². The monoisotopic (exact) mass is 328 g/mol. The largest absolute Gasteiger partial charge is 0.301 e. The van der Waals surface area contributed by atoms with Crippen LogP contribution in [-0.4, -0.2) is 49.1 Å². The summed E-state index contributed by atoms with van der Waals surface area (Å²) in [5, 5.41) is 0. The van der Waals surface area contributed by atoms with Gasteiger partial charge in [0.2, 0.25) is 0 Å². The molecule has 0 radical (unpaired) electrons. The maximum Gasteiger partial charge on any atom is 0.0110 e. The summed E-state index contributed by atoms with van der Waals surface area (Å²) in [6, 6.07) is 9.42. The zero-order chi connectivity index (χ0) is 17.1. The van der Waals surface area contributed by atoms with Crippen LogP contribution in [0.4, 0.5) is 0 Å². The van der Waals surface area contributed by atoms with Gasteiger partial charge in [0.25, 0.3) is 0 Å². The Morgan fingerprint density at radius 1 is 0.875 bits per heavy atom. The van der Waals surface area contributed by atoms with E-state index in [1.807, 2.05) is 0 Å². The lowest BCUT2D eigenvalue weighted by atomic mass is 9.71. The second-order valence-electron chi connectivity index (χ2n) is 8.85. The summed E-state index contributed by atoms with van der Waals surface area (Å²) >= 11 is 0. The molecule has 134 valence electrons. The number of nitrogens with zero attached hydrogens (tertiary/aromatic N) is 2. The number of rotatable bonds is 6. The van der Waals surface area contributed by atoms with Crippen molar-refractivity contribution in [2.45, 2.75) is 52.4 Å². The number of hydrogen-bond donors (Lipinski definition) is 0. The van der Waals surface area contributed by atoms with Gasteiger partial charge in [-0.3, -0.25) is 0 Å². The molecule has 0 atom stereocenters. The highest BCUT2D eigenvalue weighted by atomic mass is 15.3. The van der Waals surface area contributed by atoms with E-state index in [0.717, 1.165) is 17.8 Å². The minimum Gasteiger partial charge on any atom is -0.301 e. The fourth-order valence-electron chi connectivity index (χ4n) is 4.35. The molecule has 2 nitrogen and oxygen atoms in total. The summed E-state index contributed by atoms with van der Waals surface area (Å²) in [6.45, 7) is 16.9. The molecule has 0 amide bonds. The first-order valence-corrected chi connectivity index (χ1v) is 10.1. The minimum absolute atomic E-state index is 0.641. The summed E-state index contributed by atoms with van der Waals surface area (Å²) < 4.78 is 0. The van der Waals surface area contributed by atoms with Crippen molar-refractivity contribution < 1.29 is 0 Å². The smallest absolute Gasteiger partial charge is 0.0110 e. The van der Waals surface area contributed by atoms with Crippen molar-refractivity contribution in [2.24, 2.45) is 11.8 Å². The van der Waals surface area contributed by atoms with E-state index < -0.39 is 0 Å². The lowest BCUT2D eigenvalue weighted by molar-refractivity contribution is 0.0879. The van der Waals surface area contributed by atoms with Crippen LogP contribution in [0.3, 0.4) is 0 Å². The molecule has 1 aromatic carbocycles. The topological polar surface area (TPSA) is 6.48 Å². The maximum absolute atomic E-state index is 2.71. The molecule has 2 fully saturated rings.